The van der Waals surface area contributed by atoms with Crippen LogP contribution in [-0.4, -0.2) is 27.9 Å². The summed E-state index contributed by atoms with van der Waals surface area (Å²) < 4.78 is 15.3. The van der Waals surface area contributed by atoms with Gasteiger partial charge in [0.15, 0.2) is 0 Å². The van der Waals surface area contributed by atoms with E-state index < -0.39 is 0 Å². The number of carbonyl (C=O) groups is 1. The van der Waals surface area contributed by atoms with E-state index in [0.717, 1.165) is 17.3 Å². The Kier molecular flexibility index (Phi) is 6.91. The molecule has 172 valence electrons. The Hall–Kier alpha value is -2.89. The van der Waals surface area contributed by atoms with Crippen molar-refractivity contribution in [3.8, 4) is 0 Å². The normalized spacial score (nSPS) is 17.7. The van der Waals surface area contributed by atoms with Crippen LogP contribution in [-0.2, 0) is 0 Å². The molecular formula is C26H35FN4O. The van der Waals surface area contributed by atoms with E-state index in [1.165, 1.54) is 11.6 Å². The molecule has 32 heavy (non-hydrogen) atoms. The zero-order chi connectivity index (χ0) is 23.5. The largest absolute Gasteiger partial charge is 0.338 e. The van der Waals surface area contributed by atoms with Crippen molar-refractivity contribution >= 4 is 16.9 Å². The van der Waals surface area contributed by atoms with Gasteiger partial charge in [-0.05, 0) is 74.8 Å². The quantitative estimate of drug-likeness (QED) is 0.508. The van der Waals surface area contributed by atoms with E-state index in [0.29, 0.717) is 13.0 Å². The van der Waals surface area contributed by atoms with Crippen LogP contribution in [0, 0.1) is 5.41 Å². The van der Waals surface area contributed by atoms with Crippen molar-refractivity contribution in [2.24, 2.45) is 5.41 Å². The van der Waals surface area contributed by atoms with Crippen LogP contribution in [0.3, 0.4) is 0 Å². The van der Waals surface area contributed by atoms with Gasteiger partial charge in [0.1, 0.15) is 5.83 Å². The monoisotopic (exact) mass is 438 g/mol. The van der Waals surface area contributed by atoms with Crippen LogP contribution >= 0.6 is 0 Å². The summed E-state index contributed by atoms with van der Waals surface area (Å²) >= 11 is 0. The lowest BCUT2D eigenvalue weighted by molar-refractivity contribution is 0.218. The lowest BCUT2D eigenvalue weighted by atomic mass is 9.73. The van der Waals surface area contributed by atoms with Gasteiger partial charge < -0.3 is 10.6 Å². The van der Waals surface area contributed by atoms with E-state index >= 15 is 0 Å². The molecule has 0 saturated heterocycles. The van der Waals surface area contributed by atoms with Gasteiger partial charge in [0, 0.05) is 17.5 Å². The van der Waals surface area contributed by atoms with Crippen LogP contribution in [0.4, 0.5) is 9.18 Å². The molecule has 0 bridgehead atoms. The first-order valence-electron chi connectivity index (χ1n) is 11.2. The lowest BCUT2D eigenvalue weighted by Crippen LogP contribution is -2.49. The smallest absolute Gasteiger partial charge is 0.315 e. The van der Waals surface area contributed by atoms with Gasteiger partial charge in [-0.3, -0.25) is 4.68 Å². The van der Waals surface area contributed by atoms with Gasteiger partial charge in [-0.15, -0.1) is 6.58 Å². The third-order valence-electron chi connectivity index (χ3n) is 5.91. The molecule has 0 aliphatic heterocycles. The van der Waals surface area contributed by atoms with E-state index in [4.69, 9.17) is 0 Å². The molecule has 2 atom stereocenters. The zero-order valence-corrected chi connectivity index (χ0v) is 19.8. The Labute approximate surface area is 190 Å². The Balaban J connectivity index is 1.81. The summed E-state index contributed by atoms with van der Waals surface area (Å²) in [5, 5.41) is 11.6. The van der Waals surface area contributed by atoms with E-state index in [1.54, 1.807) is 6.08 Å². The van der Waals surface area contributed by atoms with Gasteiger partial charge in [0.2, 0.25) is 0 Å². The molecule has 0 fully saturated rings. The molecule has 1 aliphatic carbocycles. The molecule has 2 aromatic rings. The van der Waals surface area contributed by atoms with Crippen molar-refractivity contribution < 1.29 is 9.18 Å². The van der Waals surface area contributed by atoms with Gasteiger partial charge in [-0.25, -0.2) is 9.18 Å². The predicted molar refractivity (Wildman–Crippen MR) is 129 cm³/mol. The maximum absolute atomic E-state index is 13.3. The highest BCUT2D eigenvalue weighted by Crippen LogP contribution is 2.39. The number of halogens is 1. The van der Waals surface area contributed by atoms with Crippen molar-refractivity contribution in [3.05, 3.63) is 66.7 Å². The Bertz CT molecular complexity index is 1040. The Morgan fingerprint density at radius 3 is 2.72 bits per heavy atom. The number of rotatable bonds is 7. The number of amides is 2. The molecule has 2 N–H and O–H groups in total. The highest BCUT2D eigenvalue weighted by molar-refractivity contribution is 5.80. The second-order valence-electron chi connectivity index (χ2n) is 10.3. The van der Waals surface area contributed by atoms with Gasteiger partial charge in [0.25, 0.3) is 0 Å². The van der Waals surface area contributed by atoms with Crippen molar-refractivity contribution in [2.75, 3.05) is 6.54 Å². The molecule has 1 aromatic heterocycles. The maximum Gasteiger partial charge on any atom is 0.315 e. The molecule has 1 heterocycles. The fourth-order valence-corrected chi connectivity index (χ4v) is 4.21. The van der Waals surface area contributed by atoms with Gasteiger partial charge in [0.05, 0.1) is 17.8 Å². The Morgan fingerprint density at radius 1 is 1.34 bits per heavy atom. The fraction of sp³-hybridized carbons (Fsp3) is 0.462. The van der Waals surface area contributed by atoms with Crippen LogP contribution in [0.1, 0.15) is 65.0 Å². The molecule has 1 aromatic carbocycles. The van der Waals surface area contributed by atoms with Gasteiger partial charge in [-0.2, -0.15) is 5.10 Å². The molecular weight excluding hydrogens is 403 g/mol. The third kappa shape index (κ3) is 5.67. The molecule has 6 heteroatoms. The SMILES string of the molecule is C=CCC(c1ccc2c(cnn2C2C=CC(F)=CC2)c1)C(C)(C)CNC(=O)NC(C)(C)C. The van der Waals surface area contributed by atoms with Crippen molar-refractivity contribution in [3.63, 3.8) is 0 Å². The number of carbonyl (C=O) groups excluding carboxylic acids is 1. The van der Waals surface area contributed by atoms with Crippen molar-refractivity contribution in [1.82, 2.24) is 20.4 Å². The number of allylic oxidation sites excluding steroid dienone is 5. The molecule has 5 nitrogen and oxygen atoms in total. The number of urea groups is 1. The van der Waals surface area contributed by atoms with Gasteiger partial charge >= 0.3 is 6.03 Å². The maximum atomic E-state index is 13.3. The minimum atomic E-state index is -0.283. The molecule has 0 saturated carbocycles. The third-order valence-corrected chi connectivity index (χ3v) is 5.91. The molecule has 0 spiro atoms. The summed E-state index contributed by atoms with van der Waals surface area (Å²) in [6, 6.07) is 6.25. The summed E-state index contributed by atoms with van der Waals surface area (Å²) in [6.45, 7) is 14.7. The minimum Gasteiger partial charge on any atom is -0.338 e. The highest BCUT2D eigenvalue weighted by Gasteiger charge is 2.31. The van der Waals surface area contributed by atoms with E-state index in [9.17, 15) is 9.18 Å². The zero-order valence-electron chi connectivity index (χ0n) is 19.8. The second-order valence-corrected chi connectivity index (χ2v) is 10.3. The van der Waals surface area contributed by atoms with E-state index in [2.05, 4.69) is 54.4 Å². The van der Waals surface area contributed by atoms with Crippen LogP contribution in [0.15, 0.2) is 61.1 Å². The number of nitrogens with one attached hydrogen (secondary N) is 2. The summed E-state index contributed by atoms with van der Waals surface area (Å²) in [7, 11) is 0. The Morgan fingerprint density at radius 2 is 2.09 bits per heavy atom. The second kappa shape index (κ2) is 9.31. The van der Waals surface area contributed by atoms with Crippen LogP contribution in [0.2, 0.25) is 0 Å². The van der Waals surface area contributed by atoms with Crippen LogP contribution in [0.25, 0.3) is 10.9 Å². The fourth-order valence-electron chi connectivity index (χ4n) is 4.21. The first kappa shape index (κ1) is 23.8. The minimum absolute atomic E-state index is 0.0174. The first-order valence-corrected chi connectivity index (χ1v) is 11.2. The number of benzene rings is 1. The van der Waals surface area contributed by atoms with Crippen LogP contribution in [0.5, 0.6) is 0 Å². The average Bonchev–Trinajstić information content (AvgIpc) is 3.13. The number of hydrogen-bond donors (Lipinski definition) is 2. The predicted octanol–water partition coefficient (Wildman–Crippen LogP) is 6.17. The number of aromatic nitrogens is 2. The summed E-state index contributed by atoms with van der Waals surface area (Å²) in [6.07, 6.45) is 10.1. The van der Waals surface area contributed by atoms with Crippen molar-refractivity contribution in [1.29, 1.82) is 0 Å². The van der Waals surface area contributed by atoms with Crippen LogP contribution < -0.4 is 10.6 Å². The summed E-state index contributed by atoms with van der Waals surface area (Å²) in [5.74, 6) is -0.0198. The number of fused-ring (bicyclic) bond motifs is 1. The molecule has 0 radical (unpaired) electrons. The summed E-state index contributed by atoms with van der Waals surface area (Å²) in [4.78, 5) is 12.3. The number of nitrogens with zero attached hydrogens (tertiary/aromatic N) is 2. The molecule has 3 rings (SSSR count). The molecule has 2 amide bonds. The van der Waals surface area contributed by atoms with E-state index in [1.807, 2.05) is 43.8 Å². The highest BCUT2D eigenvalue weighted by atomic mass is 19.1. The molecule has 1 aliphatic rings. The standard InChI is InChI=1S/C26H35FN4O/c1-7-8-22(26(5,6)17-28-24(32)30-25(2,3)4)18-9-14-23-19(15-18)16-29-31(23)21-12-10-20(27)11-13-21/h7,9-12,14-16,21-22H,1,8,13,17H2,2-6H3,(H2,28,30,32). The average molecular weight is 439 g/mol. The van der Waals surface area contributed by atoms with Crippen molar-refractivity contribution in [2.45, 2.75) is 65.0 Å². The summed E-state index contributed by atoms with van der Waals surface area (Å²) in [5.41, 5.74) is 1.73. The van der Waals surface area contributed by atoms with E-state index in [-0.39, 0.29) is 34.8 Å². The lowest BCUT2D eigenvalue weighted by Gasteiger charge is -2.35. The number of hydrogen-bond acceptors (Lipinski definition) is 2. The first-order chi connectivity index (χ1) is 15.0. The van der Waals surface area contributed by atoms with Gasteiger partial charge in [-0.1, -0.05) is 32.1 Å². The topological polar surface area (TPSA) is 59.0 Å². The molecule has 2 unspecified atom stereocenters.